The highest BCUT2D eigenvalue weighted by Gasteiger charge is 2.24. The molecule has 2 heterocycles. The van der Waals surface area contributed by atoms with Gasteiger partial charge in [0.2, 0.25) is 0 Å². The predicted molar refractivity (Wildman–Crippen MR) is 89.9 cm³/mol. The van der Waals surface area contributed by atoms with Gasteiger partial charge in [-0.2, -0.15) is 0 Å². The molecule has 1 amide bonds. The molecule has 1 atom stereocenters. The van der Waals surface area contributed by atoms with Gasteiger partial charge in [-0.05, 0) is 62.4 Å². The van der Waals surface area contributed by atoms with Crippen molar-refractivity contribution in [2.24, 2.45) is 0 Å². The number of rotatable bonds is 3. The van der Waals surface area contributed by atoms with Gasteiger partial charge in [-0.3, -0.25) is 4.79 Å². The van der Waals surface area contributed by atoms with E-state index in [1.165, 1.54) is 0 Å². The van der Waals surface area contributed by atoms with E-state index < -0.39 is 5.82 Å². The van der Waals surface area contributed by atoms with Crippen molar-refractivity contribution >= 4 is 18.3 Å². The molecule has 0 bridgehead atoms. The summed E-state index contributed by atoms with van der Waals surface area (Å²) in [7, 11) is 0. The summed E-state index contributed by atoms with van der Waals surface area (Å²) in [6.45, 7) is 4.92. The number of carbonyl (C=O) groups is 1. The minimum absolute atomic E-state index is 0. The molecule has 0 spiro atoms. The van der Waals surface area contributed by atoms with E-state index in [1.54, 1.807) is 6.07 Å². The number of benzene rings is 1. The number of hydrogen-bond donors (Lipinski definition) is 2. The SMILES string of the molecule is Cc1cc(C2CCNCC2)cc(F)c1C(=O)NC1CCOC1.Cl. The van der Waals surface area contributed by atoms with Crippen LogP contribution in [0.2, 0.25) is 0 Å². The third kappa shape index (κ3) is 4.22. The molecule has 2 aliphatic rings. The second-order valence-electron chi connectivity index (χ2n) is 6.25. The summed E-state index contributed by atoms with van der Waals surface area (Å²) in [4.78, 5) is 12.3. The lowest BCUT2D eigenvalue weighted by Crippen LogP contribution is -2.36. The fourth-order valence-corrected chi connectivity index (χ4v) is 3.36. The third-order valence-electron chi connectivity index (χ3n) is 4.61. The monoisotopic (exact) mass is 342 g/mol. The number of aryl methyl sites for hydroxylation is 1. The molecule has 0 saturated carbocycles. The van der Waals surface area contributed by atoms with E-state index in [2.05, 4.69) is 10.6 Å². The summed E-state index contributed by atoms with van der Waals surface area (Å²) in [6, 6.07) is 3.51. The molecule has 0 aliphatic carbocycles. The minimum Gasteiger partial charge on any atom is -0.379 e. The molecule has 0 aromatic heterocycles. The molecule has 2 saturated heterocycles. The van der Waals surface area contributed by atoms with Gasteiger partial charge in [0.1, 0.15) is 5.82 Å². The van der Waals surface area contributed by atoms with Gasteiger partial charge in [-0.15, -0.1) is 12.4 Å². The summed E-state index contributed by atoms with van der Waals surface area (Å²) in [6.07, 6.45) is 2.83. The first kappa shape index (κ1) is 18.2. The first-order chi connectivity index (χ1) is 10.6. The lowest BCUT2D eigenvalue weighted by Gasteiger charge is -2.24. The zero-order valence-electron chi connectivity index (χ0n) is 13.4. The van der Waals surface area contributed by atoms with Crippen LogP contribution in [0.4, 0.5) is 4.39 Å². The molecule has 2 fully saturated rings. The predicted octanol–water partition coefficient (Wildman–Crippen LogP) is 2.54. The Labute approximate surface area is 142 Å². The average Bonchev–Trinajstić information content (AvgIpc) is 3.00. The molecule has 0 radical (unpaired) electrons. The Kier molecular flexibility index (Phi) is 6.39. The first-order valence-corrected chi connectivity index (χ1v) is 8.04. The van der Waals surface area contributed by atoms with Crippen molar-refractivity contribution in [3.05, 3.63) is 34.6 Å². The van der Waals surface area contributed by atoms with E-state index in [1.807, 2.05) is 13.0 Å². The Morgan fingerprint density at radius 2 is 2.04 bits per heavy atom. The van der Waals surface area contributed by atoms with E-state index >= 15 is 0 Å². The van der Waals surface area contributed by atoms with Crippen molar-refractivity contribution in [2.75, 3.05) is 26.3 Å². The first-order valence-electron chi connectivity index (χ1n) is 8.04. The van der Waals surface area contributed by atoms with Gasteiger partial charge in [0, 0.05) is 6.61 Å². The smallest absolute Gasteiger partial charge is 0.254 e. The second kappa shape index (κ2) is 8.08. The summed E-state index contributed by atoms with van der Waals surface area (Å²) in [5, 5.41) is 6.18. The lowest BCUT2D eigenvalue weighted by molar-refractivity contribution is 0.0925. The molecule has 2 N–H and O–H groups in total. The Bertz CT molecular complexity index is 533. The minimum atomic E-state index is -0.412. The van der Waals surface area contributed by atoms with Crippen LogP contribution in [0.1, 0.15) is 46.7 Å². The highest BCUT2D eigenvalue weighted by Crippen LogP contribution is 2.28. The average molecular weight is 343 g/mol. The van der Waals surface area contributed by atoms with Gasteiger partial charge >= 0.3 is 0 Å². The number of carbonyl (C=O) groups excluding carboxylic acids is 1. The van der Waals surface area contributed by atoms with Gasteiger partial charge in [0.05, 0.1) is 18.2 Å². The van der Waals surface area contributed by atoms with Crippen LogP contribution in [0.3, 0.4) is 0 Å². The van der Waals surface area contributed by atoms with Crippen molar-refractivity contribution in [3.63, 3.8) is 0 Å². The lowest BCUT2D eigenvalue weighted by atomic mass is 9.88. The van der Waals surface area contributed by atoms with Crippen LogP contribution in [0.15, 0.2) is 12.1 Å². The van der Waals surface area contributed by atoms with Crippen LogP contribution in [0.5, 0.6) is 0 Å². The molecular formula is C17H24ClFN2O2. The number of amides is 1. The maximum Gasteiger partial charge on any atom is 0.254 e. The number of halogens is 2. The molecular weight excluding hydrogens is 319 g/mol. The molecule has 23 heavy (non-hydrogen) atoms. The van der Waals surface area contributed by atoms with Crippen LogP contribution < -0.4 is 10.6 Å². The van der Waals surface area contributed by atoms with Crippen molar-refractivity contribution in [3.8, 4) is 0 Å². The van der Waals surface area contributed by atoms with Gasteiger partial charge < -0.3 is 15.4 Å². The van der Waals surface area contributed by atoms with Crippen molar-refractivity contribution in [1.29, 1.82) is 0 Å². The Balaban J connectivity index is 0.00000192. The summed E-state index contributed by atoms with van der Waals surface area (Å²) in [5.41, 5.74) is 1.90. The fourth-order valence-electron chi connectivity index (χ4n) is 3.36. The summed E-state index contributed by atoms with van der Waals surface area (Å²) in [5.74, 6) is -0.359. The van der Waals surface area contributed by atoms with Crippen molar-refractivity contribution in [1.82, 2.24) is 10.6 Å². The van der Waals surface area contributed by atoms with E-state index in [4.69, 9.17) is 4.74 Å². The Morgan fingerprint density at radius 1 is 1.30 bits per heavy atom. The van der Waals surface area contributed by atoms with Gasteiger partial charge in [-0.1, -0.05) is 6.07 Å². The van der Waals surface area contributed by atoms with E-state index in [9.17, 15) is 9.18 Å². The van der Waals surface area contributed by atoms with Gasteiger partial charge in [0.15, 0.2) is 0 Å². The number of hydrogen-bond acceptors (Lipinski definition) is 3. The van der Waals surface area contributed by atoms with Gasteiger partial charge in [0.25, 0.3) is 5.91 Å². The molecule has 6 heteroatoms. The normalized spacial score (nSPS) is 21.7. The van der Waals surface area contributed by atoms with E-state index in [0.717, 1.165) is 37.9 Å². The van der Waals surface area contributed by atoms with Crippen LogP contribution in [0.25, 0.3) is 0 Å². The maximum atomic E-state index is 14.5. The second-order valence-corrected chi connectivity index (χ2v) is 6.25. The number of nitrogens with one attached hydrogen (secondary N) is 2. The number of ether oxygens (including phenoxy) is 1. The summed E-state index contributed by atoms with van der Waals surface area (Å²) >= 11 is 0. The molecule has 3 rings (SSSR count). The van der Waals surface area contributed by atoms with Crippen LogP contribution >= 0.6 is 12.4 Å². The molecule has 1 aromatic carbocycles. The highest BCUT2D eigenvalue weighted by atomic mass is 35.5. The Morgan fingerprint density at radius 3 is 2.65 bits per heavy atom. The van der Waals surface area contributed by atoms with Gasteiger partial charge in [-0.25, -0.2) is 4.39 Å². The zero-order chi connectivity index (χ0) is 15.5. The topological polar surface area (TPSA) is 50.4 Å². The standard InChI is InChI=1S/C17H23FN2O2.ClH/c1-11-8-13(12-2-5-19-6-3-12)9-15(18)16(11)17(21)20-14-4-7-22-10-14;/h8-9,12,14,19H,2-7,10H2,1H3,(H,20,21);1H. The Hall–Kier alpha value is -1.17. The molecule has 1 unspecified atom stereocenters. The molecule has 2 aliphatic heterocycles. The van der Waals surface area contributed by atoms with Crippen LogP contribution in [-0.2, 0) is 4.74 Å². The molecule has 4 nitrogen and oxygen atoms in total. The third-order valence-corrected chi connectivity index (χ3v) is 4.61. The number of piperidine rings is 1. The van der Waals surface area contributed by atoms with Crippen LogP contribution in [0, 0.1) is 12.7 Å². The largest absolute Gasteiger partial charge is 0.379 e. The van der Waals surface area contributed by atoms with Crippen molar-refractivity contribution in [2.45, 2.75) is 38.1 Å². The van der Waals surface area contributed by atoms with Crippen molar-refractivity contribution < 1.29 is 13.9 Å². The molecule has 1 aromatic rings. The maximum absolute atomic E-state index is 14.5. The highest BCUT2D eigenvalue weighted by molar-refractivity contribution is 5.96. The van der Waals surface area contributed by atoms with Crippen LogP contribution in [-0.4, -0.2) is 38.3 Å². The quantitative estimate of drug-likeness (QED) is 0.887. The summed E-state index contributed by atoms with van der Waals surface area (Å²) < 4.78 is 19.7. The van der Waals surface area contributed by atoms with E-state index in [-0.39, 0.29) is 29.9 Å². The molecule has 128 valence electrons. The van der Waals surface area contributed by atoms with E-state index in [0.29, 0.717) is 24.7 Å². The zero-order valence-corrected chi connectivity index (χ0v) is 14.2. The fraction of sp³-hybridized carbons (Fsp3) is 0.588.